The summed E-state index contributed by atoms with van der Waals surface area (Å²) in [7, 11) is 0. The molecule has 4 heterocycles. The van der Waals surface area contributed by atoms with Crippen molar-refractivity contribution in [2.75, 3.05) is 6.54 Å². The Morgan fingerprint density at radius 2 is 1.93 bits per heavy atom. The van der Waals surface area contributed by atoms with E-state index in [1.54, 1.807) is 4.57 Å². The average molecular weight is 379 g/mol. The summed E-state index contributed by atoms with van der Waals surface area (Å²) in [5, 5.41) is 0.631. The first-order valence-corrected chi connectivity index (χ1v) is 10.3. The number of rotatable bonds is 1. The molecule has 2 aliphatic heterocycles. The first-order chi connectivity index (χ1) is 13.1. The second-order valence-electron chi connectivity index (χ2n) is 7.42. The molecule has 2 aliphatic rings. The number of nitrogens with zero attached hydrogens (tertiary/aromatic N) is 3. The summed E-state index contributed by atoms with van der Waals surface area (Å²) in [4.78, 5) is 34.2. The van der Waals surface area contributed by atoms with Crippen LogP contribution in [0, 0.1) is 6.92 Å². The molecule has 2 aromatic heterocycles. The topological polar surface area (TPSA) is 55.2 Å². The average Bonchev–Trinajstić information content (AvgIpc) is 3.03. The maximum atomic E-state index is 13.2. The van der Waals surface area contributed by atoms with Gasteiger partial charge in [0.25, 0.3) is 11.5 Å². The fraction of sp³-hybridized carbons (Fsp3) is 0.381. The summed E-state index contributed by atoms with van der Waals surface area (Å²) in [6.07, 6.45) is 3.80. The number of carbonyl (C=O) groups excluding carboxylic acids is 1. The molecule has 5 rings (SSSR count). The van der Waals surface area contributed by atoms with Crippen LogP contribution in [0.4, 0.5) is 0 Å². The number of fused-ring (bicyclic) bond motifs is 3. The third kappa shape index (κ3) is 2.62. The second-order valence-corrected chi connectivity index (χ2v) is 8.42. The fourth-order valence-corrected chi connectivity index (χ4v) is 5.41. The zero-order valence-corrected chi connectivity index (χ0v) is 16.1. The van der Waals surface area contributed by atoms with E-state index >= 15 is 0 Å². The van der Waals surface area contributed by atoms with Gasteiger partial charge in [0.05, 0.1) is 10.3 Å². The number of hydrogen-bond acceptors (Lipinski definition) is 4. The largest absolute Gasteiger partial charge is 0.333 e. The van der Waals surface area contributed by atoms with Gasteiger partial charge in [0.15, 0.2) is 0 Å². The molecule has 6 heteroatoms. The lowest BCUT2D eigenvalue weighted by Gasteiger charge is -2.28. The van der Waals surface area contributed by atoms with E-state index in [9.17, 15) is 9.59 Å². The smallest absolute Gasteiger partial charge is 0.264 e. The molecule has 1 amide bonds. The van der Waals surface area contributed by atoms with Crippen LogP contribution in [0.1, 0.15) is 45.0 Å². The van der Waals surface area contributed by atoms with Crippen molar-refractivity contribution in [3.63, 3.8) is 0 Å². The van der Waals surface area contributed by atoms with Crippen molar-refractivity contribution in [3.05, 3.63) is 62.0 Å². The monoisotopic (exact) mass is 379 g/mol. The molecule has 0 radical (unpaired) electrons. The third-order valence-electron chi connectivity index (χ3n) is 5.77. The quantitative estimate of drug-likeness (QED) is 0.652. The fourth-order valence-electron chi connectivity index (χ4n) is 4.25. The molecule has 0 unspecified atom stereocenters. The molecule has 3 aromatic rings. The Bertz CT molecular complexity index is 1130. The molecule has 1 aromatic carbocycles. The predicted octanol–water partition coefficient (Wildman–Crippen LogP) is 3.30. The van der Waals surface area contributed by atoms with Gasteiger partial charge in [-0.25, -0.2) is 4.98 Å². The van der Waals surface area contributed by atoms with E-state index in [0.29, 0.717) is 28.2 Å². The van der Waals surface area contributed by atoms with E-state index in [4.69, 9.17) is 4.98 Å². The van der Waals surface area contributed by atoms with Crippen molar-refractivity contribution in [2.24, 2.45) is 0 Å². The van der Waals surface area contributed by atoms with Crippen molar-refractivity contribution in [2.45, 2.75) is 45.7 Å². The van der Waals surface area contributed by atoms with Crippen molar-refractivity contribution in [1.29, 1.82) is 0 Å². The molecular weight excluding hydrogens is 358 g/mol. The number of amides is 1. The van der Waals surface area contributed by atoms with Gasteiger partial charge in [0.1, 0.15) is 10.7 Å². The van der Waals surface area contributed by atoms with Crippen LogP contribution < -0.4 is 5.56 Å². The highest BCUT2D eigenvalue weighted by Crippen LogP contribution is 2.31. The number of carbonyl (C=O) groups is 1. The van der Waals surface area contributed by atoms with Gasteiger partial charge < -0.3 is 4.90 Å². The van der Waals surface area contributed by atoms with E-state index in [2.05, 4.69) is 12.1 Å². The molecule has 0 spiro atoms. The van der Waals surface area contributed by atoms with E-state index in [-0.39, 0.29) is 11.5 Å². The maximum Gasteiger partial charge on any atom is 0.264 e. The van der Waals surface area contributed by atoms with Crippen LogP contribution in [0.2, 0.25) is 0 Å². The zero-order chi connectivity index (χ0) is 18.5. The standard InChI is InChI=1S/C21H21N3O2S/c1-13-17-19(22-16-8-4-5-10-24(16)20(17)25)27-18(13)21(26)23-11-9-14-6-2-3-7-15(14)12-23/h2-3,6-7H,4-5,8-12H2,1H3. The molecule has 0 bridgehead atoms. The molecule has 0 N–H and O–H groups in total. The highest BCUT2D eigenvalue weighted by Gasteiger charge is 2.27. The van der Waals surface area contributed by atoms with Gasteiger partial charge in [0.2, 0.25) is 0 Å². The molecule has 27 heavy (non-hydrogen) atoms. The predicted molar refractivity (Wildman–Crippen MR) is 106 cm³/mol. The Hall–Kier alpha value is -2.47. The van der Waals surface area contributed by atoms with Crippen molar-refractivity contribution in [1.82, 2.24) is 14.5 Å². The van der Waals surface area contributed by atoms with Crippen LogP contribution >= 0.6 is 11.3 Å². The van der Waals surface area contributed by atoms with E-state index < -0.39 is 0 Å². The third-order valence-corrected chi connectivity index (χ3v) is 6.95. The number of hydrogen-bond donors (Lipinski definition) is 0. The highest BCUT2D eigenvalue weighted by molar-refractivity contribution is 7.20. The van der Waals surface area contributed by atoms with Crippen molar-refractivity contribution < 1.29 is 4.79 Å². The lowest BCUT2D eigenvalue weighted by Crippen LogP contribution is -2.35. The van der Waals surface area contributed by atoms with Crippen molar-refractivity contribution >= 4 is 27.5 Å². The van der Waals surface area contributed by atoms with Crippen LogP contribution in [0.25, 0.3) is 10.2 Å². The molecule has 0 saturated heterocycles. The maximum absolute atomic E-state index is 13.2. The number of aromatic nitrogens is 2. The summed E-state index contributed by atoms with van der Waals surface area (Å²) in [5.74, 6) is 0.887. The Kier molecular flexibility index (Phi) is 3.90. The summed E-state index contributed by atoms with van der Waals surface area (Å²) < 4.78 is 1.80. The van der Waals surface area contributed by atoms with Crippen LogP contribution in [-0.4, -0.2) is 26.9 Å². The zero-order valence-electron chi connectivity index (χ0n) is 15.3. The van der Waals surface area contributed by atoms with Crippen LogP contribution in [0.15, 0.2) is 29.1 Å². The minimum Gasteiger partial charge on any atom is -0.333 e. The van der Waals surface area contributed by atoms with Crippen LogP contribution in [-0.2, 0) is 25.9 Å². The molecule has 138 valence electrons. The number of thiophene rings is 1. The number of benzene rings is 1. The lowest BCUT2D eigenvalue weighted by atomic mass is 9.99. The first kappa shape index (κ1) is 16.7. The summed E-state index contributed by atoms with van der Waals surface area (Å²) >= 11 is 1.38. The minimum atomic E-state index is 0.0199. The molecule has 0 fully saturated rings. The van der Waals surface area contributed by atoms with Gasteiger partial charge in [0, 0.05) is 26.1 Å². The molecule has 0 aliphatic carbocycles. The van der Waals surface area contributed by atoms with Crippen LogP contribution in [0.5, 0.6) is 0 Å². The second kappa shape index (κ2) is 6.30. The van der Waals surface area contributed by atoms with Gasteiger partial charge in [-0.05, 0) is 42.9 Å². The highest BCUT2D eigenvalue weighted by atomic mass is 32.1. The van der Waals surface area contributed by atoms with Gasteiger partial charge in [-0.3, -0.25) is 14.2 Å². The van der Waals surface area contributed by atoms with Gasteiger partial charge in [-0.2, -0.15) is 0 Å². The summed E-state index contributed by atoms with van der Waals surface area (Å²) in [5.41, 5.74) is 3.34. The van der Waals surface area contributed by atoms with Gasteiger partial charge in [-0.1, -0.05) is 24.3 Å². The Morgan fingerprint density at radius 3 is 2.78 bits per heavy atom. The Balaban J connectivity index is 1.56. The van der Waals surface area contributed by atoms with E-state index in [0.717, 1.165) is 43.6 Å². The SMILES string of the molecule is Cc1c(C(=O)N2CCc3ccccc3C2)sc2nc3n(c(=O)c12)CCCC3. The summed E-state index contributed by atoms with van der Waals surface area (Å²) in [6.45, 7) is 3.97. The normalized spacial score (nSPS) is 16.3. The first-order valence-electron chi connectivity index (χ1n) is 9.52. The van der Waals surface area contributed by atoms with Gasteiger partial charge >= 0.3 is 0 Å². The summed E-state index contributed by atoms with van der Waals surface area (Å²) in [6, 6.07) is 8.30. The van der Waals surface area contributed by atoms with Crippen molar-refractivity contribution in [3.8, 4) is 0 Å². The van der Waals surface area contributed by atoms with E-state index in [1.165, 1.54) is 22.5 Å². The number of aryl methyl sites for hydroxylation is 2. The Morgan fingerprint density at radius 1 is 1.11 bits per heavy atom. The molecular formula is C21H21N3O2S. The molecule has 5 nitrogen and oxygen atoms in total. The van der Waals surface area contributed by atoms with E-state index in [1.807, 2.05) is 24.0 Å². The van der Waals surface area contributed by atoms with Crippen LogP contribution in [0.3, 0.4) is 0 Å². The molecule has 0 atom stereocenters. The van der Waals surface area contributed by atoms with Gasteiger partial charge in [-0.15, -0.1) is 11.3 Å². The lowest BCUT2D eigenvalue weighted by molar-refractivity contribution is 0.0739. The Labute approximate surface area is 161 Å². The molecule has 0 saturated carbocycles. The minimum absolute atomic E-state index is 0.0199.